The predicted octanol–water partition coefficient (Wildman–Crippen LogP) is 0.0459. The van der Waals surface area contributed by atoms with Crippen LogP contribution in [-0.2, 0) is 9.47 Å². The molecular formula is C13H15BrO6. The molecule has 20 heavy (non-hydrogen) atoms. The highest BCUT2D eigenvalue weighted by molar-refractivity contribution is 9.09. The Morgan fingerprint density at radius 2 is 1.85 bits per heavy atom. The van der Waals surface area contributed by atoms with Gasteiger partial charge in [0.05, 0.1) is 5.56 Å². The summed E-state index contributed by atoms with van der Waals surface area (Å²) in [6.45, 7) is 0. The molecule has 0 aromatic heterocycles. The van der Waals surface area contributed by atoms with Crippen LogP contribution in [0.4, 0.5) is 0 Å². The standard InChI is InChI=1S/C13H15BrO6/c14-6-8-11(9(15)10(16)13(18)19-8)20-12(17)7-4-2-1-3-5-7/h1-5,8-11,13,15-16,18H,6H2/t8-,9-,10-,11-,13+/m0/s1. The molecule has 2 rings (SSSR count). The van der Waals surface area contributed by atoms with Gasteiger partial charge in [-0.15, -0.1) is 0 Å². The number of rotatable bonds is 3. The van der Waals surface area contributed by atoms with Crippen LogP contribution in [0, 0.1) is 0 Å². The van der Waals surface area contributed by atoms with Crippen molar-refractivity contribution in [2.45, 2.75) is 30.7 Å². The van der Waals surface area contributed by atoms with Crippen molar-refractivity contribution < 1.29 is 29.6 Å². The van der Waals surface area contributed by atoms with Gasteiger partial charge in [0, 0.05) is 5.33 Å². The predicted molar refractivity (Wildman–Crippen MR) is 72.3 cm³/mol. The number of ether oxygens (including phenoxy) is 2. The Kier molecular flexibility index (Phi) is 5.11. The minimum Gasteiger partial charge on any atom is -0.453 e. The molecule has 1 aliphatic rings. The molecule has 1 aliphatic heterocycles. The Balaban J connectivity index is 2.11. The Hall–Kier alpha value is -0.990. The van der Waals surface area contributed by atoms with Crippen LogP contribution in [0.2, 0.25) is 0 Å². The third-order valence-corrected chi connectivity index (χ3v) is 3.70. The summed E-state index contributed by atoms with van der Waals surface area (Å²) in [5, 5.41) is 29.2. The number of carbonyl (C=O) groups is 1. The number of esters is 1. The molecule has 0 radical (unpaired) electrons. The molecule has 0 unspecified atom stereocenters. The fraction of sp³-hybridized carbons (Fsp3) is 0.462. The number of aliphatic hydroxyl groups is 3. The monoisotopic (exact) mass is 346 g/mol. The summed E-state index contributed by atoms with van der Waals surface area (Å²) in [6.07, 6.45) is -6.29. The van der Waals surface area contributed by atoms with Gasteiger partial charge in [0.2, 0.25) is 0 Å². The molecule has 110 valence electrons. The lowest BCUT2D eigenvalue weighted by Crippen LogP contribution is -2.59. The topological polar surface area (TPSA) is 96.2 Å². The highest BCUT2D eigenvalue weighted by atomic mass is 79.9. The van der Waals surface area contributed by atoms with E-state index in [0.717, 1.165) is 0 Å². The van der Waals surface area contributed by atoms with Crippen LogP contribution in [-0.4, -0.2) is 57.3 Å². The van der Waals surface area contributed by atoms with Crippen molar-refractivity contribution in [3.63, 3.8) is 0 Å². The van der Waals surface area contributed by atoms with E-state index in [1.807, 2.05) is 0 Å². The second-order valence-electron chi connectivity index (χ2n) is 4.44. The Morgan fingerprint density at radius 3 is 2.45 bits per heavy atom. The lowest BCUT2D eigenvalue weighted by atomic mass is 9.99. The van der Waals surface area contributed by atoms with Crippen LogP contribution < -0.4 is 0 Å². The Bertz CT molecular complexity index is 451. The fourth-order valence-electron chi connectivity index (χ4n) is 1.96. The maximum atomic E-state index is 12.0. The van der Waals surface area contributed by atoms with Crippen molar-refractivity contribution >= 4 is 21.9 Å². The van der Waals surface area contributed by atoms with E-state index >= 15 is 0 Å². The van der Waals surface area contributed by atoms with E-state index in [2.05, 4.69) is 15.9 Å². The quantitative estimate of drug-likeness (QED) is 0.528. The summed E-state index contributed by atoms with van der Waals surface area (Å²) in [6, 6.07) is 8.28. The fourth-order valence-corrected chi connectivity index (χ4v) is 2.48. The maximum absolute atomic E-state index is 12.0. The molecule has 1 aromatic carbocycles. The third kappa shape index (κ3) is 3.18. The van der Waals surface area contributed by atoms with E-state index < -0.39 is 36.7 Å². The van der Waals surface area contributed by atoms with Gasteiger partial charge in [-0.05, 0) is 12.1 Å². The number of hydrogen-bond donors (Lipinski definition) is 3. The molecule has 0 amide bonds. The Labute approximate surface area is 124 Å². The smallest absolute Gasteiger partial charge is 0.338 e. The normalized spacial score (nSPS) is 33.7. The number of benzene rings is 1. The molecule has 7 heteroatoms. The molecule has 0 saturated carbocycles. The molecule has 5 atom stereocenters. The van der Waals surface area contributed by atoms with Crippen molar-refractivity contribution in [1.29, 1.82) is 0 Å². The molecule has 6 nitrogen and oxygen atoms in total. The number of hydrogen-bond acceptors (Lipinski definition) is 6. The molecule has 0 spiro atoms. The number of halogens is 1. The third-order valence-electron chi connectivity index (χ3n) is 3.06. The minimum atomic E-state index is -1.53. The van der Waals surface area contributed by atoms with E-state index in [9.17, 15) is 20.1 Å². The van der Waals surface area contributed by atoms with Crippen molar-refractivity contribution in [2.75, 3.05) is 5.33 Å². The van der Waals surface area contributed by atoms with E-state index in [1.165, 1.54) is 0 Å². The number of alkyl halides is 1. The van der Waals surface area contributed by atoms with E-state index in [-0.39, 0.29) is 5.33 Å². The molecule has 0 aliphatic carbocycles. The number of aliphatic hydroxyl groups excluding tert-OH is 3. The molecular weight excluding hydrogens is 332 g/mol. The zero-order chi connectivity index (χ0) is 14.7. The molecule has 1 saturated heterocycles. The van der Waals surface area contributed by atoms with Crippen LogP contribution >= 0.6 is 15.9 Å². The average molecular weight is 347 g/mol. The largest absolute Gasteiger partial charge is 0.453 e. The van der Waals surface area contributed by atoms with Crippen molar-refractivity contribution in [2.24, 2.45) is 0 Å². The zero-order valence-corrected chi connectivity index (χ0v) is 12.0. The van der Waals surface area contributed by atoms with Crippen molar-refractivity contribution in [1.82, 2.24) is 0 Å². The SMILES string of the molecule is O=C(O[C@@H]1[C@@H](O)[C@H](O)[C@H](O)O[C@H]1CBr)c1ccccc1. The maximum Gasteiger partial charge on any atom is 0.338 e. The van der Waals surface area contributed by atoms with Gasteiger partial charge in [0.1, 0.15) is 18.3 Å². The second-order valence-corrected chi connectivity index (χ2v) is 5.08. The van der Waals surface area contributed by atoms with Gasteiger partial charge in [-0.3, -0.25) is 0 Å². The first-order chi connectivity index (χ1) is 9.54. The van der Waals surface area contributed by atoms with Crippen molar-refractivity contribution in [3.8, 4) is 0 Å². The average Bonchev–Trinajstić information content (AvgIpc) is 2.48. The summed E-state index contributed by atoms with van der Waals surface area (Å²) in [5.41, 5.74) is 0.327. The first-order valence-corrected chi connectivity index (χ1v) is 7.18. The first-order valence-electron chi connectivity index (χ1n) is 6.06. The summed E-state index contributed by atoms with van der Waals surface area (Å²) in [5.74, 6) is -0.632. The lowest BCUT2D eigenvalue weighted by molar-refractivity contribution is -0.275. The summed E-state index contributed by atoms with van der Waals surface area (Å²) in [4.78, 5) is 12.0. The van der Waals surface area contributed by atoms with E-state index in [4.69, 9.17) is 9.47 Å². The van der Waals surface area contributed by atoms with Crippen LogP contribution in [0.1, 0.15) is 10.4 Å². The molecule has 3 N–H and O–H groups in total. The van der Waals surface area contributed by atoms with Gasteiger partial charge in [-0.25, -0.2) is 4.79 Å². The highest BCUT2D eigenvalue weighted by Crippen LogP contribution is 2.24. The molecule has 1 heterocycles. The molecule has 0 bridgehead atoms. The van der Waals surface area contributed by atoms with Crippen LogP contribution in [0.3, 0.4) is 0 Å². The summed E-state index contributed by atoms with van der Waals surface area (Å²) >= 11 is 3.15. The summed E-state index contributed by atoms with van der Waals surface area (Å²) in [7, 11) is 0. The van der Waals surface area contributed by atoms with Crippen molar-refractivity contribution in [3.05, 3.63) is 35.9 Å². The second kappa shape index (κ2) is 6.64. The van der Waals surface area contributed by atoms with Crippen LogP contribution in [0.15, 0.2) is 30.3 Å². The van der Waals surface area contributed by atoms with Gasteiger partial charge in [-0.1, -0.05) is 34.1 Å². The first kappa shape index (κ1) is 15.4. The van der Waals surface area contributed by atoms with Gasteiger partial charge in [0.15, 0.2) is 12.4 Å². The molecule has 1 fully saturated rings. The highest BCUT2D eigenvalue weighted by Gasteiger charge is 2.45. The van der Waals surface area contributed by atoms with Gasteiger partial charge in [0.25, 0.3) is 0 Å². The lowest BCUT2D eigenvalue weighted by Gasteiger charge is -2.39. The zero-order valence-electron chi connectivity index (χ0n) is 10.4. The van der Waals surface area contributed by atoms with Crippen LogP contribution in [0.25, 0.3) is 0 Å². The van der Waals surface area contributed by atoms with Gasteiger partial charge >= 0.3 is 5.97 Å². The summed E-state index contributed by atoms with van der Waals surface area (Å²) < 4.78 is 10.3. The van der Waals surface area contributed by atoms with E-state index in [0.29, 0.717) is 5.56 Å². The minimum absolute atomic E-state index is 0.237. The number of carbonyl (C=O) groups excluding carboxylic acids is 1. The van der Waals surface area contributed by atoms with Gasteiger partial charge in [-0.2, -0.15) is 0 Å². The van der Waals surface area contributed by atoms with Crippen LogP contribution in [0.5, 0.6) is 0 Å². The molecule has 1 aromatic rings. The Morgan fingerprint density at radius 1 is 1.20 bits per heavy atom. The van der Waals surface area contributed by atoms with Gasteiger partial charge < -0.3 is 24.8 Å². The van der Waals surface area contributed by atoms with E-state index in [1.54, 1.807) is 30.3 Å².